The van der Waals surface area contributed by atoms with Gasteiger partial charge in [0.05, 0.1) is 5.52 Å². The average Bonchev–Trinajstić information content (AvgIpc) is 2.90. The Morgan fingerprint density at radius 1 is 0.947 bits per heavy atom. The van der Waals surface area contributed by atoms with Gasteiger partial charge in [-0.3, -0.25) is 14.2 Å². The summed E-state index contributed by atoms with van der Waals surface area (Å²) in [4.78, 5) is 23.4. The Bertz CT molecular complexity index is 757. The van der Waals surface area contributed by atoms with Crippen molar-refractivity contribution in [2.24, 2.45) is 0 Å². The molecule has 1 aromatic heterocycles. The lowest BCUT2D eigenvalue weighted by Gasteiger charge is -2.03. The van der Waals surface area contributed by atoms with Crippen molar-refractivity contribution in [1.29, 1.82) is 0 Å². The van der Waals surface area contributed by atoms with Crippen molar-refractivity contribution in [2.45, 2.75) is 0 Å². The van der Waals surface area contributed by atoms with Gasteiger partial charge in [0.1, 0.15) is 0 Å². The Balaban J connectivity index is 2.18. The van der Waals surface area contributed by atoms with Gasteiger partial charge in [-0.1, -0.05) is 42.5 Å². The number of aromatic nitrogens is 1. The largest absolute Gasteiger partial charge is 0.290 e. The molecular weight excluding hydrogens is 238 g/mol. The smallest absolute Gasteiger partial charge is 0.218 e. The number of nitrogens with zero attached hydrogens (tertiary/aromatic N) is 1. The zero-order valence-corrected chi connectivity index (χ0v) is 10.1. The van der Waals surface area contributed by atoms with Crippen LogP contribution >= 0.6 is 0 Å². The molecule has 92 valence electrons. The number of rotatable bonds is 3. The third-order valence-corrected chi connectivity index (χ3v) is 3.16. The van der Waals surface area contributed by atoms with E-state index in [-0.39, 0.29) is 5.78 Å². The first-order valence-electron chi connectivity index (χ1n) is 5.96. The number of hydrogen-bond acceptors (Lipinski definition) is 2. The van der Waals surface area contributed by atoms with Crippen molar-refractivity contribution in [3.05, 3.63) is 71.9 Å². The highest BCUT2D eigenvalue weighted by molar-refractivity contribution is 6.16. The zero-order chi connectivity index (χ0) is 13.2. The molecule has 0 saturated carbocycles. The van der Waals surface area contributed by atoms with E-state index in [1.165, 1.54) is 4.57 Å². The van der Waals surface area contributed by atoms with Gasteiger partial charge in [0.25, 0.3) is 0 Å². The van der Waals surface area contributed by atoms with E-state index in [0.717, 1.165) is 17.3 Å². The maximum Gasteiger partial charge on any atom is 0.218 e. The predicted molar refractivity (Wildman–Crippen MR) is 74.0 cm³/mol. The fraction of sp³-hybridized carbons (Fsp3) is 0. The molecule has 0 amide bonds. The zero-order valence-electron chi connectivity index (χ0n) is 10.1. The number of ketones is 1. The minimum Gasteiger partial charge on any atom is -0.290 e. The van der Waals surface area contributed by atoms with Crippen LogP contribution in [-0.4, -0.2) is 16.8 Å². The quantitative estimate of drug-likeness (QED) is 0.529. The SMILES string of the molecule is O=Cn1ccc2c(C(=O)c3ccccc3)cccc21. The molecular formula is C16H11NO2. The van der Waals surface area contributed by atoms with Gasteiger partial charge < -0.3 is 0 Å². The van der Waals surface area contributed by atoms with Crippen LogP contribution in [0.5, 0.6) is 0 Å². The molecule has 0 aliphatic heterocycles. The van der Waals surface area contributed by atoms with Crippen LogP contribution in [0, 0.1) is 0 Å². The molecule has 3 aromatic rings. The van der Waals surface area contributed by atoms with E-state index in [1.54, 1.807) is 36.5 Å². The van der Waals surface area contributed by atoms with Gasteiger partial charge in [-0.15, -0.1) is 0 Å². The van der Waals surface area contributed by atoms with E-state index in [9.17, 15) is 9.59 Å². The van der Waals surface area contributed by atoms with Gasteiger partial charge in [-0.25, -0.2) is 0 Å². The molecule has 0 N–H and O–H groups in total. The minimum absolute atomic E-state index is 0.0325. The first-order chi connectivity index (χ1) is 9.31. The summed E-state index contributed by atoms with van der Waals surface area (Å²) in [7, 11) is 0. The first-order valence-corrected chi connectivity index (χ1v) is 5.96. The maximum atomic E-state index is 12.5. The highest BCUT2D eigenvalue weighted by atomic mass is 16.1. The van der Waals surface area contributed by atoms with E-state index in [4.69, 9.17) is 0 Å². The summed E-state index contributed by atoms with van der Waals surface area (Å²) in [5, 5.41) is 0.795. The summed E-state index contributed by atoms with van der Waals surface area (Å²) >= 11 is 0. The highest BCUT2D eigenvalue weighted by Gasteiger charge is 2.13. The second-order valence-electron chi connectivity index (χ2n) is 4.26. The lowest BCUT2D eigenvalue weighted by atomic mass is 10.0. The molecule has 3 rings (SSSR count). The molecule has 0 radical (unpaired) electrons. The van der Waals surface area contributed by atoms with Crippen LogP contribution in [0.25, 0.3) is 10.9 Å². The Morgan fingerprint density at radius 2 is 1.74 bits per heavy atom. The van der Waals surface area contributed by atoms with E-state index in [2.05, 4.69) is 0 Å². The van der Waals surface area contributed by atoms with E-state index in [1.807, 2.05) is 24.3 Å². The van der Waals surface area contributed by atoms with Crippen LogP contribution in [0.3, 0.4) is 0 Å². The fourth-order valence-electron chi connectivity index (χ4n) is 2.22. The number of carbonyl (C=O) groups excluding carboxylic acids is 2. The van der Waals surface area contributed by atoms with Crippen LogP contribution in [0.2, 0.25) is 0 Å². The van der Waals surface area contributed by atoms with Crippen LogP contribution in [-0.2, 0) is 4.79 Å². The molecule has 0 fully saturated rings. The molecule has 3 heteroatoms. The summed E-state index contributed by atoms with van der Waals surface area (Å²) in [5.74, 6) is -0.0325. The molecule has 19 heavy (non-hydrogen) atoms. The topological polar surface area (TPSA) is 39.1 Å². The summed E-state index contributed by atoms with van der Waals surface area (Å²) in [6.45, 7) is 0. The number of benzene rings is 2. The summed E-state index contributed by atoms with van der Waals surface area (Å²) in [6.07, 6.45) is 2.40. The number of hydrogen-bond donors (Lipinski definition) is 0. The van der Waals surface area contributed by atoms with Crippen LogP contribution in [0.1, 0.15) is 15.9 Å². The molecule has 0 spiro atoms. The van der Waals surface area contributed by atoms with Gasteiger partial charge in [-0.2, -0.15) is 0 Å². The molecule has 1 heterocycles. The van der Waals surface area contributed by atoms with Gasteiger partial charge in [0.15, 0.2) is 5.78 Å². The van der Waals surface area contributed by atoms with Crippen LogP contribution < -0.4 is 0 Å². The summed E-state index contributed by atoms with van der Waals surface area (Å²) in [5.41, 5.74) is 2.01. The van der Waals surface area contributed by atoms with Crippen LogP contribution in [0.15, 0.2) is 60.8 Å². The third-order valence-electron chi connectivity index (χ3n) is 3.16. The minimum atomic E-state index is -0.0325. The van der Waals surface area contributed by atoms with Gasteiger partial charge in [0.2, 0.25) is 6.41 Å². The molecule has 0 unspecified atom stereocenters. The lowest BCUT2D eigenvalue weighted by Crippen LogP contribution is -2.01. The average molecular weight is 249 g/mol. The number of fused-ring (bicyclic) bond motifs is 1. The predicted octanol–water partition coefficient (Wildman–Crippen LogP) is 2.91. The molecule has 0 atom stereocenters. The Morgan fingerprint density at radius 3 is 2.47 bits per heavy atom. The lowest BCUT2D eigenvalue weighted by molar-refractivity contribution is 0.104. The molecule has 0 aliphatic carbocycles. The Kier molecular flexibility index (Phi) is 2.72. The second-order valence-corrected chi connectivity index (χ2v) is 4.26. The molecule has 0 saturated heterocycles. The van der Waals surface area contributed by atoms with Gasteiger partial charge in [-0.05, 0) is 12.1 Å². The van der Waals surface area contributed by atoms with Crippen LogP contribution in [0.4, 0.5) is 0 Å². The molecule has 0 bridgehead atoms. The second kappa shape index (κ2) is 4.53. The van der Waals surface area contributed by atoms with Crippen molar-refractivity contribution in [1.82, 2.24) is 4.57 Å². The maximum absolute atomic E-state index is 12.5. The van der Waals surface area contributed by atoms with Gasteiger partial charge in [0, 0.05) is 22.7 Å². The van der Waals surface area contributed by atoms with Crippen molar-refractivity contribution in [2.75, 3.05) is 0 Å². The normalized spacial score (nSPS) is 10.5. The third kappa shape index (κ3) is 1.85. The van der Waals surface area contributed by atoms with Crippen molar-refractivity contribution in [3.8, 4) is 0 Å². The molecule has 3 nitrogen and oxygen atoms in total. The van der Waals surface area contributed by atoms with Crippen molar-refractivity contribution < 1.29 is 9.59 Å². The Hall–Kier alpha value is -2.68. The summed E-state index contributed by atoms with van der Waals surface area (Å²) < 4.78 is 1.47. The Labute approximate surface area is 110 Å². The highest BCUT2D eigenvalue weighted by Crippen LogP contribution is 2.22. The summed E-state index contributed by atoms with van der Waals surface area (Å²) in [6, 6.07) is 16.3. The molecule has 2 aromatic carbocycles. The fourth-order valence-corrected chi connectivity index (χ4v) is 2.22. The first kappa shape index (κ1) is 11.4. The monoisotopic (exact) mass is 249 g/mol. The number of carbonyl (C=O) groups is 2. The van der Waals surface area contributed by atoms with Gasteiger partial charge >= 0.3 is 0 Å². The standard InChI is InChI=1S/C16H11NO2/c18-11-17-10-9-13-14(7-4-8-15(13)17)16(19)12-5-2-1-3-6-12/h1-11H. The van der Waals surface area contributed by atoms with E-state index >= 15 is 0 Å². The van der Waals surface area contributed by atoms with E-state index in [0.29, 0.717) is 11.1 Å². The van der Waals surface area contributed by atoms with Crippen molar-refractivity contribution in [3.63, 3.8) is 0 Å². The van der Waals surface area contributed by atoms with Crippen molar-refractivity contribution >= 4 is 23.1 Å². The van der Waals surface area contributed by atoms with E-state index < -0.39 is 0 Å². The molecule has 0 aliphatic rings.